The number of rotatable bonds is 6. The third-order valence-electron chi connectivity index (χ3n) is 5.68. The van der Waals surface area contributed by atoms with E-state index in [0.717, 1.165) is 11.1 Å². The average molecular weight is 558 g/mol. The molecule has 0 radical (unpaired) electrons. The summed E-state index contributed by atoms with van der Waals surface area (Å²) in [5.74, 6) is -1.18. The molecule has 2 aromatic heterocycles. The van der Waals surface area contributed by atoms with Gasteiger partial charge in [-0.15, -0.1) is 0 Å². The lowest BCUT2D eigenvalue weighted by Gasteiger charge is -2.28. The van der Waals surface area contributed by atoms with Crippen LogP contribution in [0.3, 0.4) is 0 Å². The number of aromatic nitrogens is 2. The molecule has 2 aromatic carbocycles. The van der Waals surface area contributed by atoms with Gasteiger partial charge in [-0.2, -0.15) is 0 Å². The molecule has 0 amide bonds. The molecule has 8 heteroatoms. The van der Waals surface area contributed by atoms with Gasteiger partial charge in [0, 0.05) is 40.2 Å². The monoisotopic (exact) mass is 556 g/mol. The van der Waals surface area contributed by atoms with E-state index in [9.17, 15) is 14.7 Å². The molecule has 0 aliphatic rings. The van der Waals surface area contributed by atoms with Gasteiger partial charge >= 0.3 is 5.97 Å². The molecule has 2 heterocycles. The number of carboxylic acids is 1. The van der Waals surface area contributed by atoms with Gasteiger partial charge in [-0.3, -0.25) is 4.79 Å². The van der Waals surface area contributed by atoms with Gasteiger partial charge in [-0.05, 0) is 60.0 Å². The summed E-state index contributed by atoms with van der Waals surface area (Å²) in [7, 11) is 1.59. The predicted molar refractivity (Wildman–Crippen MR) is 142 cm³/mol. The molecular formula is C27H26BrClN2O4. The summed E-state index contributed by atoms with van der Waals surface area (Å²) in [6, 6.07) is 17.0. The first-order valence-corrected chi connectivity index (χ1v) is 12.3. The van der Waals surface area contributed by atoms with Gasteiger partial charge in [0.1, 0.15) is 5.52 Å². The highest BCUT2D eigenvalue weighted by molar-refractivity contribution is 9.10. The van der Waals surface area contributed by atoms with E-state index in [2.05, 4.69) is 15.9 Å². The summed E-state index contributed by atoms with van der Waals surface area (Å²) >= 11 is 9.80. The van der Waals surface area contributed by atoms with E-state index >= 15 is 0 Å². The molecule has 0 bridgehead atoms. The number of pyridine rings is 1. The van der Waals surface area contributed by atoms with Crippen LogP contribution in [0, 0.1) is 0 Å². The van der Waals surface area contributed by atoms with Crippen LogP contribution in [0.5, 0.6) is 0 Å². The molecular weight excluding hydrogens is 532 g/mol. The first kappa shape index (κ1) is 25.2. The predicted octanol–water partition coefficient (Wildman–Crippen LogP) is 6.41. The highest BCUT2D eigenvalue weighted by Crippen LogP contribution is 2.40. The van der Waals surface area contributed by atoms with E-state index in [1.165, 1.54) is 4.57 Å². The number of fused-ring (bicyclic) bond motifs is 1. The zero-order chi connectivity index (χ0) is 25.5. The topological polar surface area (TPSA) is 73.5 Å². The summed E-state index contributed by atoms with van der Waals surface area (Å²) in [5, 5.41) is 11.4. The summed E-state index contributed by atoms with van der Waals surface area (Å²) < 4.78 is 9.96. The standard InChI is InChI=1S/C27H26BrClN2O4/c1-27(2,3)35-24(26(33)34)22-20(17-10-12-18(29)13-11-17)21-19(28)15-31(23(21)25(32)30(22)4)14-16-8-6-5-7-9-16/h5-13,15,24H,14H2,1-4H3,(H,33,34). The second-order valence-corrected chi connectivity index (χ2v) is 10.7. The maximum absolute atomic E-state index is 13.8. The first-order valence-electron chi connectivity index (χ1n) is 11.1. The lowest BCUT2D eigenvalue weighted by Crippen LogP contribution is -2.33. The van der Waals surface area contributed by atoms with Crippen molar-refractivity contribution in [3.05, 3.63) is 91.9 Å². The van der Waals surface area contributed by atoms with E-state index in [1.54, 1.807) is 40.0 Å². The third kappa shape index (κ3) is 5.08. The molecule has 182 valence electrons. The van der Waals surface area contributed by atoms with Gasteiger partial charge in [0.05, 0.1) is 11.3 Å². The Morgan fingerprint density at radius 1 is 1.11 bits per heavy atom. The molecule has 0 aliphatic heterocycles. The van der Waals surface area contributed by atoms with Crippen LogP contribution < -0.4 is 5.56 Å². The second kappa shape index (κ2) is 9.64. The first-order chi connectivity index (χ1) is 16.5. The minimum absolute atomic E-state index is 0.269. The number of halogens is 2. The van der Waals surface area contributed by atoms with Gasteiger partial charge in [0.2, 0.25) is 0 Å². The third-order valence-corrected chi connectivity index (χ3v) is 6.53. The van der Waals surface area contributed by atoms with Crippen molar-refractivity contribution in [1.82, 2.24) is 9.13 Å². The molecule has 1 unspecified atom stereocenters. The van der Waals surface area contributed by atoms with Crippen molar-refractivity contribution in [3.8, 4) is 11.1 Å². The lowest BCUT2D eigenvalue weighted by atomic mass is 9.96. The molecule has 0 fully saturated rings. The normalized spacial score (nSPS) is 12.7. The number of carboxylic acid groups (broad SMARTS) is 1. The number of nitrogens with zero attached hydrogens (tertiary/aromatic N) is 2. The molecule has 0 aliphatic carbocycles. The van der Waals surface area contributed by atoms with E-state index in [0.29, 0.717) is 32.5 Å². The van der Waals surface area contributed by atoms with Crippen LogP contribution in [0.25, 0.3) is 22.0 Å². The number of hydrogen-bond acceptors (Lipinski definition) is 3. The van der Waals surface area contributed by atoms with Crippen molar-refractivity contribution in [2.75, 3.05) is 0 Å². The fourth-order valence-electron chi connectivity index (χ4n) is 4.25. The average Bonchev–Trinajstić information content (AvgIpc) is 3.11. The number of carbonyl (C=O) groups is 1. The molecule has 0 saturated carbocycles. The van der Waals surface area contributed by atoms with Crippen molar-refractivity contribution in [1.29, 1.82) is 0 Å². The largest absolute Gasteiger partial charge is 0.479 e. The quantitative estimate of drug-likeness (QED) is 0.297. The fourth-order valence-corrected chi connectivity index (χ4v) is 5.01. The minimum atomic E-state index is -1.37. The van der Waals surface area contributed by atoms with Crippen LogP contribution in [0.4, 0.5) is 0 Å². The molecule has 1 N–H and O–H groups in total. The summed E-state index contributed by atoms with van der Waals surface area (Å²) in [6.45, 7) is 5.84. The van der Waals surface area contributed by atoms with E-state index in [-0.39, 0.29) is 11.3 Å². The second-order valence-electron chi connectivity index (χ2n) is 9.39. The maximum atomic E-state index is 13.8. The Morgan fingerprint density at radius 2 is 1.74 bits per heavy atom. The summed E-state index contributed by atoms with van der Waals surface area (Å²) in [6.07, 6.45) is 0.495. The van der Waals surface area contributed by atoms with Gasteiger partial charge in [0.25, 0.3) is 5.56 Å². The summed E-state index contributed by atoms with van der Waals surface area (Å²) in [5.41, 5.74) is 2.04. The SMILES string of the molecule is Cn1c(C(OC(C)(C)C)C(=O)O)c(-c2ccc(Cl)cc2)c2c(Br)cn(Cc3ccccc3)c2c1=O. The highest BCUT2D eigenvalue weighted by atomic mass is 79.9. The van der Waals surface area contributed by atoms with E-state index < -0.39 is 17.7 Å². The number of ether oxygens (including phenoxy) is 1. The summed E-state index contributed by atoms with van der Waals surface area (Å²) in [4.78, 5) is 26.2. The molecule has 0 spiro atoms. The molecule has 4 rings (SSSR count). The Kier molecular flexibility index (Phi) is 6.95. The Balaban J connectivity index is 2.10. The molecule has 4 aromatic rings. The molecule has 0 saturated heterocycles. The zero-order valence-corrected chi connectivity index (χ0v) is 22.2. The maximum Gasteiger partial charge on any atom is 0.339 e. The smallest absolute Gasteiger partial charge is 0.339 e. The van der Waals surface area contributed by atoms with Crippen LogP contribution >= 0.6 is 27.5 Å². The van der Waals surface area contributed by atoms with Crippen LogP contribution in [0.2, 0.25) is 5.02 Å². The van der Waals surface area contributed by atoms with Crippen molar-refractivity contribution < 1.29 is 14.6 Å². The van der Waals surface area contributed by atoms with Crippen LogP contribution in [-0.4, -0.2) is 25.8 Å². The van der Waals surface area contributed by atoms with Crippen molar-refractivity contribution >= 4 is 44.4 Å². The molecule has 35 heavy (non-hydrogen) atoms. The highest BCUT2D eigenvalue weighted by Gasteiger charge is 2.34. The van der Waals surface area contributed by atoms with Gasteiger partial charge < -0.3 is 19.0 Å². The Bertz CT molecular complexity index is 1450. The number of benzene rings is 2. The van der Waals surface area contributed by atoms with Gasteiger partial charge in [-0.1, -0.05) is 54.1 Å². The fraction of sp³-hybridized carbons (Fsp3) is 0.259. The van der Waals surface area contributed by atoms with Crippen molar-refractivity contribution in [2.24, 2.45) is 7.05 Å². The van der Waals surface area contributed by atoms with E-state index in [1.807, 2.05) is 53.2 Å². The zero-order valence-electron chi connectivity index (χ0n) is 19.9. The van der Waals surface area contributed by atoms with Crippen LogP contribution in [-0.2, 0) is 23.1 Å². The Morgan fingerprint density at radius 3 is 2.31 bits per heavy atom. The number of hydrogen-bond donors (Lipinski definition) is 1. The van der Waals surface area contributed by atoms with Crippen LogP contribution in [0.1, 0.15) is 38.1 Å². The van der Waals surface area contributed by atoms with Gasteiger partial charge in [0.15, 0.2) is 6.10 Å². The van der Waals surface area contributed by atoms with Crippen molar-refractivity contribution in [3.63, 3.8) is 0 Å². The molecule has 6 nitrogen and oxygen atoms in total. The van der Waals surface area contributed by atoms with Gasteiger partial charge in [-0.25, -0.2) is 4.79 Å². The van der Waals surface area contributed by atoms with E-state index in [4.69, 9.17) is 16.3 Å². The Hall–Kier alpha value is -2.87. The van der Waals surface area contributed by atoms with Crippen LogP contribution in [0.15, 0.2) is 70.1 Å². The molecule has 1 atom stereocenters. The number of aliphatic carboxylic acids is 1. The minimum Gasteiger partial charge on any atom is -0.479 e. The lowest BCUT2D eigenvalue weighted by molar-refractivity contribution is -0.161. The van der Waals surface area contributed by atoms with Crippen molar-refractivity contribution in [2.45, 2.75) is 39.0 Å². The Labute approximate surface area is 216 Å².